The molecule has 7 heteroatoms. The van der Waals surface area contributed by atoms with Crippen LogP contribution in [0, 0.1) is 25.5 Å². The van der Waals surface area contributed by atoms with Crippen LogP contribution >= 0.6 is 11.3 Å². The molecule has 0 saturated heterocycles. The summed E-state index contributed by atoms with van der Waals surface area (Å²) in [4.78, 5) is 34.7. The number of aromatic nitrogens is 1. The number of rotatable bonds is 4. The molecule has 2 heterocycles. The number of hydrogen-bond acceptors (Lipinski definition) is 5. The van der Waals surface area contributed by atoms with E-state index in [1.54, 1.807) is 0 Å². The van der Waals surface area contributed by atoms with Gasteiger partial charge in [0.15, 0.2) is 23.2 Å². The Hall–Kier alpha value is -4.75. The smallest absolute Gasteiger partial charge is 0.197 e. The molecule has 4 nitrogen and oxygen atoms in total. The van der Waals surface area contributed by atoms with Crippen molar-refractivity contribution < 1.29 is 18.4 Å². The molecule has 2 aromatic heterocycles. The molecule has 3 aromatic carbocycles. The highest BCUT2D eigenvalue weighted by Crippen LogP contribution is 2.53. The summed E-state index contributed by atoms with van der Waals surface area (Å²) in [5.74, 6) is -2.68. The summed E-state index contributed by atoms with van der Waals surface area (Å²) in [6, 6.07) is 22.5. The fraction of sp³-hybridized carbons (Fsp3) is 0.139. The number of thiophene rings is 1. The Balaban J connectivity index is 1.29. The molecule has 0 unspecified atom stereocenters. The summed E-state index contributed by atoms with van der Waals surface area (Å²) in [5.41, 5.74) is 6.91. The standard InChI is InChI=1S/C36H26F2N2O2S/c1-19-5-9-21(10-6-19)40(22-11-7-20(2)8-12-22)32-17-28-27(18-39-32)35-29(36(28,3)4)14-23(43-35)13-26-33(41)24-15-30(37)31(38)16-25(24)34(26)42/h5-18H,1-4H3. The van der Waals surface area contributed by atoms with Gasteiger partial charge in [-0.1, -0.05) is 49.2 Å². The van der Waals surface area contributed by atoms with Crippen LogP contribution in [0.3, 0.4) is 0 Å². The maximum absolute atomic E-state index is 13.8. The van der Waals surface area contributed by atoms with Gasteiger partial charge in [-0.05, 0) is 79.6 Å². The molecule has 0 fully saturated rings. The van der Waals surface area contributed by atoms with Crippen LogP contribution in [0.4, 0.5) is 26.0 Å². The highest BCUT2D eigenvalue weighted by atomic mass is 32.1. The van der Waals surface area contributed by atoms with Gasteiger partial charge in [0.05, 0.1) is 5.57 Å². The zero-order chi connectivity index (χ0) is 30.2. The van der Waals surface area contributed by atoms with E-state index in [2.05, 4.69) is 87.2 Å². The Morgan fingerprint density at radius 1 is 0.744 bits per heavy atom. The van der Waals surface area contributed by atoms with Gasteiger partial charge in [0, 0.05) is 49.4 Å². The molecule has 212 valence electrons. The maximum Gasteiger partial charge on any atom is 0.197 e. The SMILES string of the molecule is Cc1ccc(N(c2ccc(C)cc2)c2cc3c(cn2)-c2sc(C=C4C(=O)c5cc(F)c(F)cc5C4=O)cc2C3(C)C)cc1. The van der Waals surface area contributed by atoms with E-state index in [9.17, 15) is 18.4 Å². The lowest BCUT2D eigenvalue weighted by Gasteiger charge is -2.27. The number of hydrogen-bond donors (Lipinski definition) is 0. The lowest BCUT2D eigenvalue weighted by molar-refractivity contribution is 0.0990. The average Bonchev–Trinajstić information content (AvgIpc) is 3.57. The first kappa shape index (κ1) is 27.1. The first-order valence-electron chi connectivity index (χ1n) is 13.9. The molecule has 2 aliphatic carbocycles. The lowest BCUT2D eigenvalue weighted by atomic mass is 9.83. The molecule has 0 N–H and O–H groups in total. The predicted molar refractivity (Wildman–Crippen MR) is 167 cm³/mol. The number of fused-ring (bicyclic) bond motifs is 4. The van der Waals surface area contributed by atoms with E-state index in [0.717, 1.165) is 55.8 Å². The second-order valence-electron chi connectivity index (χ2n) is 11.6. The number of carbonyl (C=O) groups excluding carboxylic acids is 2. The van der Waals surface area contributed by atoms with Crippen LogP contribution in [0.15, 0.2) is 84.6 Å². The van der Waals surface area contributed by atoms with Crippen molar-refractivity contribution in [1.29, 1.82) is 0 Å². The van der Waals surface area contributed by atoms with E-state index in [1.165, 1.54) is 28.5 Å². The number of Topliss-reactive ketones (excluding diaryl/α,β-unsaturated/α-hetero) is 2. The van der Waals surface area contributed by atoms with E-state index in [-0.39, 0.29) is 22.1 Å². The number of pyridine rings is 1. The Morgan fingerprint density at radius 2 is 1.28 bits per heavy atom. The Kier molecular flexibility index (Phi) is 6.08. The normalized spacial score (nSPS) is 14.5. The molecule has 0 amide bonds. The summed E-state index contributed by atoms with van der Waals surface area (Å²) in [7, 11) is 0. The van der Waals surface area contributed by atoms with Crippen LogP contribution in [0.25, 0.3) is 16.5 Å². The molecule has 7 rings (SSSR count). The van der Waals surface area contributed by atoms with Crippen LogP contribution in [-0.4, -0.2) is 16.6 Å². The number of ketones is 2. The van der Waals surface area contributed by atoms with Crippen molar-refractivity contribution in [3.63, 3.8) is 0 Å². The molecule has 0 aliphatic heterocycles. The molecule has 0 saturated carbocycles. The van der Waals surface area contributed by atoms with Gasteiger partial charge in [0.25, 0.3) is 0 Å². The molecule has 0 radical (unpaired) electrons. The van der Waals surface area contributed by atoms with Crippen molar-refractivity contribution in [2.75, 3.05) is 4.90 Å². The van der Waals surface area contributed by atoms with Gasteiger partial charge < -0.3 is 0 Å². The number of anilines is 3. The molecule has 43 heavy (non-hydrogen) atoms. The van der Waals surface area contributed by atoms with Gasteiger partial charge in [0.1, 0.15) is 5.82 Å². The Morgan fingerprint density at radius 3 is 1.81 bits per heavy atom. The topological polar surface area (TPSA) is 50.3 Å². The zero-order valence-corrected chi connectivity index (χ0v) is 24.8. The number of benzene rings is 3. The average molecular weight is 589 g/mol. The minimum absolute atomic E-state index is 0.0849. The predicted octanol–water partition coefficient (Wildman–Crippen LogP) is 9.28. The molecular formula is C36H26F2N2O2S. The monoisotopic (exact) mass is 588 g/mol. The second kappa shape index (κ2) is 9.64. The van der Waals surface area contributed by atoms with Crippen LogP contribution < -0.4 is 4.90 Å². The second-order valence-corrected chi connectivity index (χ2v) is 12.7. The third-order valence-corrected chi connectivity index (χ3v) is 9.49. The number of nitrogens with zero attached hydrogens (tertiary/aromatic N) is 2. The summed E-state index contributed by atoms with van der Waals surface area (Å²) < 4.78 is 27.6. The molecule has 0 spiro atoms. The first-order chi connectivity index (χ1) is 20.5. The number of halogens is 2. The molecule has 5 aromatic rings. The van der Waals surface area contributed by atoms with Gasteiger partial charge in [-0.3, -0.25) is 14.5 Å². The largest absolute Gasteiger partial charge is 0.295 e. The van der Waals surface area contributed by atoms with Crippen molar-refractivity contribution >= 4 is 46.2 Å². The Bertz CT molecular complexity index is 1930. The van der Waals surface area contributed by atoms with Crippen molar-refractivity contribution in [2.24, 2.45) is 0 Å². The quantitative estimate of drug-likeness (QED) is 0.155. The maximum atomic E-state index is 13.8. The summed E-state index contributed by atoms with van der Waals surface area (Å²) in [5, 5.41) is 0. The minimum atomic E-state index is -1.15. The van der Waals surface area contributed by atoms with Crippen molar-refractivity contribution in [3.8, 4) is 10.4 Å². The third kappa shape index (κ3) is 4.26. The van der Waals surface area contributed by atoms with E-state index >= 15 is 0 Å². The number of allylic oxidation sites excluding steroid dienone is 1. The van der Waals surface area contributed by atoms with Crippen molar-refractivity contribution in [3.05, 3.63) is 134 Å². The van der Waals surface area contributed by atoms with Crippen LogP contribution in [0.5, 0.6) is 0 Å². The number of aryl methyl sites for hydroxylation is 2. The minimum Gasteiger partial charge on any atom is -0.295 e. The highest BCUT2D eigenvalue weighted by molar-refractivity contribution is 7.16. The van der Waals surface area contributed by atoms with E-state index in [0.29, 0.717) is 0 Å². The van der Waals surface area contributed by atoms with Crippen LogP contribution in [-0.2, 0) is 5.41 Å². The fourth-order valence-electron chi connectivity index (χ4n) is 5.95. The van der Waals surface area contributed by atoms with Gasteiger partial charge in [-0.2, -0.15) is 0 Å². The Labute approximate surface area is 252 Å². The van der Waals surface area contributed by atoms with E-state index in [1.807, 2.05) is 12.3 Å². The summed E-state index contributed by atoms with van der Waals surface area (Å²) in [6.45, 7) is 8.44. The van der Waals surface area contributed by atoms with E-state index < -0.39 is 23.2 Å². The fourth-order valence-corrected chi connectivity index (χ4v) is 7.23. The third-order valence-electron chi connectivity index (χ3n) is 8.37. The van der Waals surface area contributed by atoms with E-state index in [4.69, 9.17) is 4.98 Å². The summed E-state index contributed by atoms with van der Waals surface area (Å²) in [6.07, 6.45) is 3.44. The van der Waals surface area contributed by atoms with Crippen LogP contribution in [0.1, 0.15) is 61.7 Å². The van der Waals surface area contributed by atoms with Gasteiger partial charge in [-0.15, -0.1) is 11.3 Å². The van der Waals surface area contributed by atoms with Crippen molar-refractivity contribution in [1.82, 2.24) is 4.98 Å². The molecular weight excluding hydrogens is 562 g/mol. The van der Waals surface area contributed by atoms with Gasteiger partial charge in [0.2, 0.25) is 0 Å². The summed E-state index contributed by atoms with van der Waals surface area (Å²) >= 11 is 1.47. The van der Waals surface area contributed by atoms with Crippen molar-refractivity contribution in [2.45, 2.75) is 33.1 Å². The zero-order valence-electron chi connectivity index (χ0n) is 24.0. The molecule has 0 bridgehead atoms. The molecule has 0 atom stereocenters. The lowest BCUT2D eigenvalue weighted by Crippen LogP contribution is -2.17. The van der Waals surface area contributed by atoms with Gasteiger partial charge in [-0.25, -0.2) is 13.8 Å². The number of carbonyl (C=O) groups is 2. The van der Waals surface area contributed by atoms with Gasteiger partial charge >= 0.3 is 0 Å². The first-order valence-corrected chi connectivity index (χ1v) is 14.7. The highest BCUT2D eigenvalue weighted by Gasteiger charge is 2.39. The van der Waals surface area contributed by atoms with Crippen LogP contribution in [0.2, 0.25) is 0 Å². The molecule has 2 aliphatic rings.